The van der Waals surface area contributed by atoms with E-state index in [4.69, 9.17) is 9.47 Å². The second kappa shape index (κ2) is 11.5. The fraction of sp³-hybridized carbons (Fsp3) is 1.00. The molecule has 2 atom stereocenters. The van der Waals surface area contributed by atoms with Crippen LogP contribution in [-0.4, -0.2) is 75.8 Å². The summed E-state index contributed by atoms with van der Waals surface area (Å²) in [5.74, 6) is 0.719. The predicted octanol–water partition coefficient (Wildman–Crippen LogP) is 0.722. The van der Waals surface area contributed by atoms with Gasteiger partial charge < -0.3 is 24.8 Å². The molecule has 1 saturated heterocycles. The quantitative estimate of drug-likeness (QED) is 0.549. The third kappa shape index (κ3) is 8.17. The van der Waals surface area contributed by atoms with Crippen molar-refractivity contribution < 1.29 is 14.6 Å². The van der Waals surface area contributed by atoms with E-state index in [0.29, 0.717) is 26.4 Å². The molecule has 0 aromatic rings. The fourth-order valence-electron chi connectivity index (χ4n) is 2.73. The number of hydrogen-bond acceptors (Lipinski definition) is 5. The Labute approximate surface area is 123 Å². The van der Waals surface area contributed by atoms with Gasteiger partial charge in [-0.25, -0.2) is 0 Å². The van der Waals surface area contributed by atoms with E-state index in [9.17, 15) is 5.11 Å². The number of rotatable bonds is 11. The molecule has 0 amide bonds. The largest absolute Gasteiger partial charge is 0.389 e. The third-order valence-electron chi connectivity index (χ3n) is 3.67. The molecule has 2 N–H and O–H groups in total. The number of ether oxygens (including phenoxy) is 2. The van der Waals surface area contributed by atoms with Crippen molar-refractivity contribution in [3.8, 4) is 0 Å². The summed E-state index contributed by atoms with van der Waals surface area (Å²) in [4.78, 5) is 2.38. The summed E-state index contributed by atoms with van der Waals surface area (Å²) in [6.45, 7) is 8.81. The summed E-state index contributed by atoms with van der Waals surface area (Å²) in [6, 6.07) is 0. The number of methoxy groups -OCH3 is 1. The molecule has 0 spiro atoms. The molecule has 1 aliphatic rings. The smallest absolute Gasteiger partial charge is 0.0900 e. The molecule has 0 radical (unpaired) electrons. The van der Waals surface area contributed by atoms with Crippen molar-refractivity contribution in [1.29, 1.82) is 0 Å². The van der Waals surface area contributed by atoms with Gasteiger partial charge in [0.05, 0.1) is 25.9 Å². The molecule has 0 saturated carbocycles. The van der Waals surface area contributed by atoms with E-state index in [1.54, 1.807) is 7.11 Å². The molecule has 1 fully saturated rings. The van der Waals surface area contributed by atoms with Crippen LogP contribution in [0, 0.1) is 5.92 Å². The minimum absolute atomic E-state index is 0.395. The first-order valence-corrected chi connectivity index (χ1v) is 7.94. The van der Waals surface area contributed by atoms with E-state index in [2.05, 4.69) is 17.1 Å². The average molecular weight is 288 g/mol. The van der Waals surface area contributed by atoms with Crippen molar-refractivity contribution in [3.63, 3.8) is 0 Å². The third-order valence-corrected chi connectivity index (χ3v) is 3.67. The number of hydrogen-bond donors (Lipinski definition) is 2. The summed E-state index contributed by atoms with van der Waals surface area (Å²) in [5.41, 5.74) is 0. The highest BCUT2D eigenvalue weighted by Crippen LogP contribution is 2.12. The van der Waals surface area contributed by atoms with Crippen LogP contribution in [0.4, 0.5) is 0 Å². The lowest BCUT2D eigenvalue weighted by Crippen LogP contribution is -2.42. The predicted molar refractivity (Wildman–Crippen MR) is 81.0 cm³/mol. The van der Waals surface area contributed by atoms with Gasteiger partial charge in [0.25, 0.3) is 0 Å². The van der Waals surface area contributed by atoms with Crippen molar-refractivity contribution in [2.75, 3.05) is 59.7 Å². The first-order chi connectivity index (χ1) is 9.76. The van der Waals surface area contributed by atoms with E-state index in [1.165, 1.54) is 12.8 Å². The van der Waals surface area contributed by atoms with Gasteiger partial charge >= 0.3 is 0 Å². The van der Waals surface area contributed by atoms with E-state index in [-0.39, 0.29) is 0 Å². The van der Waals surface area contributed by atoms with E-state index in [1.807, 2.05) is 0 Å². The molecule has 0 bridgehead atoms. The van der Waals surface area contributed by atoms with Crippen LogP contribution in [0.2, 0.25) is 0 Å². The van der Waals surface area contributed by atoms with Crippen LogP contribution < -0.4 is 5.32 Å². The molecular formula is C15H32N2O3. The maximum absolute atomic E-state index is 10.1. The summed E-state index contributed by atoms with van der Waals surface area (Å²) in [6.07, 6.45) is 3.29. The maximum Gasteiger partial charge on any atom is 0.0900 e. The maximum atomic E-state index is 10.1. The van der Waals surface area contributed by atoms with Crippen LogP contribution >= 0.6 is 0 Å². The molecule has 1 aliphatic heterocycles. The average Bonchev–Trinajstić information content (AvgIpc) is 2.45. The molecule has 5 nitrogen and oxygen atoms in total. The molecule has 0 aromatic heterocycles. The molecular weight excluding hydrogens is 256 g/mol. The Morgan fingerprint density at radius 2 is 2.25 bits per heavy atom. The number of aliphatic hydroxyl groups excluding tert-OH is 1. The first-order valence-electron chi connectivity index (χ1n) is 7.94. The molecule has 0 aliphatic carbocycles. The van der Waals surface area contributed by atoms with Gasteiger partial charge in [-0.2, -0.15) is 0 Å². The highest BCUT2D eigenvalue weighted by atomic mass is 16.5. The Morgan fingerprint density at radius 3 is 2.90 bits per heavy atom. The highest BCUT2D eigenvalue weighted by Gasteiger charge is 2.18. The van der Waals surface area contributed by atoms with Crippen molar-refractivity contribution >= 4 is 0 Å². The number of nitrogens with one attached hydrogen (secondary N) is 1. The molecule has 2 unspecified atom stereocenters. The van der Waals surface area contributed by atoms with Crippen molar-refractivity contribution in [2.24, 2.45) is 5.92 Å². The molecule has 1 rings (SSSR count). The lowest BCUT2D eigenvalue weighted by atomic mass is 9.99. The van der Waals surface area contributed by atoms with Crippen molar-refractivity contribution in [1.82, 2.24) is 10.2 Å². The first kappa shape index (κ1) is 17.9. The Bertz CT molecular complexity index is 223. The highest BCUT2D eigenvalue weighted by molar-refractivity contribution is 4.74. The van der Waals surface area contributed by atoms with Gasteiger partial charge in [0.15, 0.2) is 0 Å². The minimum Gasteiger partial charge on any atom is -0.389 e. The van der Waals surface area contributed by atoms with Gasteiger partial charge in [-0.05, 0) is 44.8 Å². The Balaban J connectivity index is 2.22. The lowest BCUT2D eigenvalue weighted by Gasteiger charge is -2.31. The molecule has 0 aromatic carbocycles. The van der Waals surface area contributed by atoms with Crippen LogP contribution in [0.3, 0.4) is 0 Å². The summed E-state index contributed by atoms with van der Waals surface area (Å²) in [5, 5.41) is 13.5. The zero-order valence-electron chi connectivity index (χ0n) is 13.1. The summed E-state index contributed by atoms with van der Waals surface area (Å²) >= 11 is 0. The van der Waals surface area contributed by atoms with Gasteiger partial charge in [-0.3, -0.25) is 0 Å². The van der Waals surface area contributed by atoms with Crippen LogP contribution in [-0.2, 0) is 9.47 Å². The summed E-state index contributed by atoms with van der Waals surface area (Å²) in [7, 11) is 1.65. The topological polar surface area (TPSA) is 54.0 Å². The van der Waals surface area contributed by atoms with Crippen LogP contribution in [0.1, 0.15) is 26.2 Å². The van der Waals surface area contributed by atoms with E-state index < -0.39 is 6.10 Å². The number of piperidine rings is 1. The number of aliphatic hydroxyl groups is 1. The standard InChI is InChI=1S/C15H32N2O3/c1-3-7-17(11-14-5-4-6-16-10-14)12-15(18)13-20-9-8-19-2/h14-16,18H,3-13H2,1-2H3. The van der Waals surface area contributed by atoms with Gasteiger partial charge in [-0.15, -0.1) is 0 Å². The molecule has 5 heteroatoms. The Hall–Kier alpha value is -0.200. The van der Waals surface area contributed by atoms with Crippen LogP contribution in [0.15, 0.2) is 0 Å². The second-order valence-corrected chi connectivity index (χ2v) is 5.69. The Morgan fingerprint density at radius 1 is 1.40 bits per heavy atom. The molecule has 120 valence electrons. The van der Waals surface area contributed by atoms with Crippen molar-refractivity contribution in [3.05, 3.63) is 0 Å². The van der Waals surface area contributed by atoms with Gasteiger partial charge in [0.1, 0.15) is 0 Å². The zero-order valence-corrected chi connectivity index (χ0v) is 13.1. The van der Waals surface area contributed by atoms with Crippen LogP contribution in [0.5, 0.6) is 0 Å². The zero-order chi connectivity index (χ0) is 14.6. The minimum atomic E-state index is -0.407. The van der Waals surface area contributed by atoms with E-state index >= 15 is 0 Å². The lowest BCUT2D eigenvalue weighted by molar-refractivity contribution is -0.00271. The monoisotopic (exact) mass is 288 g/mol. The fourth-order valence-corrected chi connectivity index (χ4v) is 2.73. The molecule has 20 heavy (non-hydrogen) atoms. The summed E-state index contributed by atoms with van der Waals surface area (Å²) < 4.78 is 10.3. The van der Waals surface area contributed by atoms with Gasteiger partial charge in [0, 0.05) is 20.2 Å². The second-order valence-electron chi connectivity index (χ2n) is 5.69. The normalized spacial score (nSPS) is 21.3. The number of nitrogens with zero attached hydrogens (tertiary/aromatic N) is 1. The molecule has 1 heterocycles. The van der Waals surface area contributed by atoms with E-state index in [0.717, 1.165) is 38.5 Å². The SMILES string of the molecule is CCCN(CC(O)COCCOC)CC1CCCNC1. The van der Waals surface area contributed by atoms with Gasteiger partial charge in [0.2, 0.25) is 0 Å². The van der Waals surface area contributed by atoms with Crippen LogP contribution in [0.25, 0.3) is 0 Å². The van der Waals surface area contributed by atoms with Crippen molar-refractivity contribution in [2.45, 2.75) is 32.3 Å². The Kier molecular flexibility index (Phi) is 10.2. The van der Waals surface area contributed by atoms with Gasteiger partial charge in [-0.1, -0.05) is 6.92 Å².